The van der Waals surface area contributed by atoms with Crippen LogP contribution >= 0.6 is 0 Å². The second kappa shape index (κ2) is 8.27. The Balaban J connectivity index is 1.40. The van der Waals surface area contributed by atoms with Crippen LogP contribution in [0.5, 0.6) is 5.75 Å². The van der Waals surface area contributed by atoms with Gasteiger partial charge in [0.05, 0.1) is 0 Å². The van der Waals surface area contributed by atoms with Gasteiger partial charge in [0.25, 0.3) is 0 Å². The number of ether oxygens (including phenoxy) is 1. The van der Waals surface area contributed by atoms with Gasteiger partial charge in [-0.25, -0.2) is 8.78 Å². The fourth-order valence-corrected chi connectivity index (χ4v) is 2.91. The van der Waals surface area contributed by atoms with Crippen LogP contribution in [0.15, 0.2) is 48.5 Å². The van der Waals surface area contributed by atoms with Crippen LogP contribution in [0.25, 0.3) is 0 Å². The summed E-state index contributed by atoms with van der Waals surface area (Å²) in [5.41, 5.74) is 1.02. The molecular formula is C19H22F2N2O2. The molecule has 0 spiro atoms. The van der Waals surface area contributed by atoms with Gasteiger partial charge in [-0.05, 0) is 48.5 Å². The Morgan fingerprint density at radius 3 is 2.04 bits per heavy atom. The SMILES string of the molecule is O[C@H](COc1ccc(F)cc1)CN1CCN(c2ccc(F)cc2)CC1. The van der Waals surface area contributed by atoms with Crippen LogP contribution in [0.3, 0.4) is 0 Å². The minimum atomic E-state index is -0.609. The summed E-state index contributed by atoms with van der Waals surface area (Å²) in [5, 5.41) is 10.1. The zero-order valence-electron chi connectivity index (χ0n) is 13.9. The van der Waals surface area contributed by atoms with E-state index in [0.717, 1.165) is 31.9 Å². The quantitative estimate of drug-likeness (QED) is 0.870. The summed E-state index contributed by atoms with van der Waals surface area (Å²) in [4.78, 5) is 4.38. The van der Waals surface area contributed by atoms with E-state index in [1.165, 1.54) is 24.3 Å². The molecule has 1 N–H and O–H groups in total. The Kier molecular flexibility index (Phi) is 5.83. The van der Waals surface area contributed by atoms with Gasteiger partial charge >= 0.3 is 0 Å². The number of hydrogen-bond acceptors (Lipinski definition) is 4. The van der Waals surface area contributed by atoms with Gasteiger partial charge in [-0.3, -0.25) is 4.90 Å². The maximum atomic E-state index is 13.0. The van der Waals surface area contributed by atoms with Crippen LogP contribution in [0, 0.1) is 11.6 Å². The van der Waals surface area contributed by atoms with Crippen molar-refractivity contribution in [3.05, 3.63) is 60.2 Å². The topological polar surface area (TPSA) is 35.9 Å². The molecule has 1 aliphatic heterocycles. The van der Waals surface area contributed by atoms with E-state index >= 15 is 0 Å². The highest BCUT2D eigenvalue weighted by Gasteiger charge is 2.19. The second-order valence-electron chi connectivity index (χ2n) is 6.18. The average molecular weight is 348 g/mol. The van der Waals surface area contributed by atoms with E-state index in [9.17, 15) is 13.9 Å². The van der Waals surface area contributed by atoms with E-state index in [2.05, 4.69) is 9.80 Å². The van der Waals surface area contributed by atoms with E-state index in [4.69, 9.17) is 4.74 Å². The zero-order chi connectivity index (χ0) is 17.6. The molecule has 0 bridgehead atoms. The van der Waals surface area contributed by atoms with Crippen molar-refractivity contribution in [2.45, 2.75) is 6.10 Å². The first-order valence-electron chi connectivity index (χ1n) is 8.39. The van der Waals surface area contributed by atoms with E-state index < -0.39 is 6.10 Å². The van der Waals surface area contributed by atoms with Crippen molar-refractivity contribution in [2.24, 2.45) is 0 Å². The maximum Gasteiger partial charge on any atom is 0.123 e. The van der Waals surface area contributed by atoms with E-state index in [0.29, 0.717) is 12.3 Å². The van der Waals surface area contributed by atoms with Gasteiger partial charge in [-0.1, -0.05) is 0 Å². The van der Waals surface area contributed by atoms with Crippen molar-refractivity contribution in [3.8, 4) is 5.75 Å². The monoisotopic (exact) mass is 348 g/mol. The molecule has 4 nitrogen and oxygen atoms in total. The molecule has 25 heavy (non-hydrogen) atoms. The first-order valence-corrected chi connectivity index (χ1v) is 8.39. The average Bonchev–Trinajstić information content (AvgIpc) is 2.63. The molecular weight excluding hydrogens is 326 g/mol. The molecule has 0 amide bonds. The van der Waals surface area contributed by atoms with Crippen molar-refractivity contribution in [1.29, 1.82) is 0 Å². The number of β-amino-alcohol motifs (C(OH)–C–C–N with tert-alkyl or cyclic N) is 1. The van der Waals surface area contributed by atoms with Gasteiger partial charge in [-0.15, -0.1) is 0 Å². The first kappa shape index (κ1) is 17.6. The van der Waals surface area contributed by atoms with Crippen LogP contribution in [0.2, 0.25) is 0 Å². The Bertz CT molecular complexity index is 656. The van der Waals surface area contributed by atoms with Crippen molar-refractivity contribution in [3.63, 3.8) is 0 Å². The molecule has 0 radical (unpaired) electrons. The molecule has 0 saturated carbocycles. The summed E-state index contributed by atoms with van der Waals surface area (Å²) in [6.45, 7) is 4.01. The molecule has 0 unspecified atom stereocenters. The molecule has 2 aromatic carbocycles. The Morgan fingerprint density at radius 1 is 0.880 bits per heavy atom. The number of aliphatic hydroxyl groups excluding tert-OH is 1. The van der Waals surface area contributed by atoms with Gasteiger partial charge in [0.15, 0.2) is 0 Å². The lowest BCUT2D eigenvalue weighted by Gasteiger charge is -2.36. The van der Waals surface area contributed by atoms with Crippen LogP contribution < -0.4 is 9.64 Å². The maximum absolute atomic E-state index is 13.0. The summed E-state index contributed by atoms with van der Waals surface area (Å²) in [7, 11) is 0. The highest BCUT2D eigenvalue weighted by molar-refractivity contribution is 5.46. The molecule has 1 fully saturated rings. The first-order chi connectivity index (χ1) is 12.1. The number of anilines is 1. The van der Waals surface area contributed by atoms with E-state index in [1.807, 2.05) is 0 Å². The lowest BCUT2D eigenvalue weighted by molar-refractivity contribution is 0.0663. The van der Waals surface area contributed by atoms with Crippen molar-refractivity contribution in [2.75, 3.05) is 44.2 Å². The molecule has 1 saturated heterocycles. The lowest BCUT2D eigenvalue weighted by Crippen LogP contribution is -2.49. The second-order valence-corrected chi connectivity index (χ2v) is 6.18. The molecule has 1 heterocycles. The summed E-state index contributed by atoms with van der Waals surface area (Å²) in [6.07, 6.45) is -0.609. The fourth-order valence-electron chi connectivity index (χ4n) is 2.91. The number of benzene rings is 2. The van der Waals surface area contributed by atoms with Crippen molar-refractivity contribution < 1.29 is 18.6 Å². The molecule has 0 aromatic heterocycles. The highest BCUT2D eigenvalue weighted by Crippen LogP contribution is 2.17. The number of nitrogens with zero attached hydrogens (tertiary/aromatic N) is 2. The summed E-state index contributed by atoms with van der Waals surface area (Å²) in [5.74, 6) is 0.000154. The van der Waals surface area contributed by atoms with E-state index in [1.54, 1.807) is 24.3 Å². The number of rotatable bonds is 6. The fraction of sp³-hybridized carbons (Fsp3) is 0.368. The lowest BCUT2D eigenvalue weighted by atomic mass is 10.2. The minimum Gasteiger partial charge on any atom is -0.491 e. The molecule has 1 atom stereocenters. The number of piperazine rings is 1. The third-order valence-electron chi connectivity index (χ3n) is 4.29. The van der Waals surface area contributed by atoms with Gasteiger partial charge in [-0.2, -0.15) is 0 Å². The van der Waals surface area contributed by atoms with E-state index in [-0.39, 0.29) is 18.2 Å². The van der Waals surface area contributed by atoms with Gasteiger partial charge in [0.2, 0.25) is 0 Å². The Labute approximate surface area is 146 Å². The third kappa shape index (κ3) is 5.14. The van der Waals surface area contributed by atoms with Crippen LogP contribution in [0.1, 0.15) is 0 Å². The summed E-state index contributed by atoms with van der Waals surface area (Å²) >= 11 is 0. The highest BCUT2D eigenvalue weighted by atomic mass is 19.1. The van der Waals surface area contributed by atoms with Crippen LogP contribution in [-0.4, -0.2) is 55.4 Å². The zero-order valence-corrected chi connectivity index (χ0v) is 13.9. The predicted molar refractivity (Wildman–Crippen MR) is 93.0 cm³/mol. The Hall–Kier alpha value is -2.18. The molecule has 3 rings (SSSR count). The normalized spacial score (nSPS) is 16.7. The molecule has 134 valence electrons. The summed E-state index contributed by atoms with van der Waals surface area (Å²) in [6, 6.07) is 12.3. The molecule has 1 aliphatic rings. The van der Waals surface area contributed by atoms with Gasteiger partial charge in [0.1, 0.15) is 30.1 Å². The number of halogens is 2. The summed E-state index contributed by atoms with van der Waals surface area (Å²) < 4.78 is 31.3. The number of hydrogen-bond donors (Lipinski definition) is 1. The van der Waals surface area contributed by atoms with Crippen LogP contribution in [-0.2, 0) is 0 Å². The molecule has 2 aromatic rings. The Morgan fingerprint density at radius 2 is 1.44 bits per heavy atom. The van der Waals surface area contributed by atoms with Gasteiger partial charge in [0, 0.05) is 38.4 Å². The standard InChI is InChI=1S/C19H22F2N2O2/c20-15-1-5-17(6-2-15)23-11-9-22(10-12-23)13-18(24)14-25-19-7-3-16(21)4-8-19/h1-8,18,24H,9-14H2/t18-/m0/s1. The smallest absolute Gasteiger partial charge is 0.123 e. The third-order valence-corrected chi connectivity index (χ3v) is 4.29. The van der Waals surface area contributed by atoms with Crippen molar-refractivity contribution >= 4 is 5.69 Å². The molecule has 6 heteroatoms. The van der Waals surface area contributed by atoms with Crippen molar-refractivity contribution in [1.82, 2.24) is 4.90 Å². The minimum absolute atomic E-state index is 0.170. The predicted octanol–water partition coefficient (Wildman–Crippen LogP) is 2.53. The largest absolute Gasteiger partial charge is 0.491 e. The number of aliphatic hydroxyl groups is 1. The molecule has 0 aliphatic carbocycles. The van der Waals surface area contributed by atoms with Crippen LogP contribution in [0.4, 0.5) is 14.5 Å². The van der Waals surface area contributed by atoms with Gasteiger partial charge < -0.3 is 14.7 Å².